The zero-order valence-corrected chi connectivity index (χ0v) is 13.9. The lowest BCUT2D eigenvalue weighted by Crippen LogP contribution is -2.51. The third-order valence-electron chi connectivity index (χ3n) is 4.59. The lowest BCUT2D eigenvalue weighted by atomic mass is 10.1. The standard InChI is InChI=1S/C19H20N6/c20-18(21)24-9-11-25(12-10-24)19-22-8-7-17(23-19)16-6-5-14-3-1-2-4-15(14)13-16/h1-8,13H,9-12H2,(H3,20,21). The van der Waals surface area contributed by atoms with E-state index in [1.807, 2.05) is 29.3 Å². The number of anilines is 1. The van der Waals surface area contributed by atoms with E-state index in [-0.39, 0.29) is 5.96 Å². The molecule has 0 aliphatic carbocycles. The van der Waals surface area contributed by atoms with E-state index < -0.39 is 0 Å². The Balaban J connectivity index is 1.59. The van der Waals surface area contributed by atoms with Crippen LogP contribution in [0, 0.1) is 5.41 Å². The summed E-state index contributed by atoms with van der Waals surface area (Å²) in [5, 5.41) is 9.95. The summed E-state index contributed by atoms with van der Waals surface area (Å²) in [5.41, 5.74) is 7.57. The van der Waals surface area contributed by atoms with Crippen LogP contribution in [0.4, 0.5) is 5.95 Å². The van der Waals surface area contributed by atoms with Gasteiger partial charge in [-0.2, -0.15) is 0 Å². The molecule has 1 aliphatic heterocycles. The molecular weight excluding hydrogens is 312 g/mol. The van der Waals surface area contributed by atoms with Crippen molar-refractivity contribution in [3.05, 3.63) is 54.7 Å². The van der Waals surface area contributed by atoms with Crippen LogP contribution in [-0.2, 0) is 0 Å². The highest BCUT2D eigenvalue weighted by atomic mass is 15.3. The highest BCUT2D eigenvalue weighted by Crippen LogP contribution is 2.24. The molecule has 1 fully saturated rings. The van der Waals surface area contributed by atoms with Crippen LogP contribution in [0.25, 0.3) is 22.0 Å². The van der Waals surface area contributed by atoms with Crippen LogP contribution in [0.15, 0.2) is 54.7 Å². The topological polar surface area (TPSA) is 82.1 Å². The Morgan fingerprint density at radius 3 is 2.48 bits per heavy atom. The number of hydrogen-bond donors (Lipinski definition) is 2. The van der Waals surface area contributed by atoms with Gasteiger partial charge in [0.2, 0.25) is 5.95 Å². The van der Waals surface area contributed by atoms with Crippen molar-refractivity contribution in [2.24, 2.45) is 5.73 Å². The molecule has 1 aliphatic rings. The fourth-order valence-corrected chi connectivity index (χ4v) is 3.16. The molecule has 6 nitrogen and oxygen atoms in total. The van der Waals surface area contributed by atoms with E-state index in [4.69, 9.17) is 16.1 Å². The van der Waals surface area contributed by atoms with E-state index in [0.29, 0.717) is 0 Å². The number of fused-ring (bicyclic) bond motifs is 1. The van der Waals surface area contributed by atoms with Gasteiger partial charge < -0.3 is 15.5 Å². The van der Waals surface area contributed by atoms with E-state index in [1.54, 1.807) is 0 Å². The van der Waals surface area contributed by atoms with Crippen LogP contribution in [0.5, 0.6) is 0 Å². The number of hydrogen-bond acceptors (Lipinski definition) is 4. The van der Waals surface area contributed by atoms with Crippen LogP contribution in [0.3, 0.4) is 0 Å². The molecule has 2 heterocycles. The third-order valence-corrected chi connectivity index (χ3v) is 4.59. The molecule has 0 radical (unpaired) electrons. The molecule has 1 saturated heterocycles. The van der Waals surface area contributed by atoms with Gasteiger partial charge in [0.25, 0.3) is 0 Å². The molecule has 126 valence electrons. The van der Waals surface area contributed by atoms with Crippen molar-refractivity contribution in [1.82, 2.24) is 14.9 Å². The summed E-state index contributed by atoms with van der Waals surface area (Å²) in [6.45, 7) is 2.97. The number of piperazine rings is 1. The van der Waals surface area contributed by atoms with Crippen LogP contribution in [-0.4, -0.2) is 47.0 Å². The van der Waals surface area contributed by atoms with Gasteiger partial charge >= 0.3 is 0 Å². The molecule has 3 N–H and O–H groups in total. The number of nitrogens with one attached hydrogen (secondary N) is 1. The van der Waals surface area contributed by atoms with Crippen molar-refractivity contribution >= 4 is 22.7 Å². The quantitative estimate of drug-likeness (QED) is 0.556. The minimum Gasteiger partial charge on any atom is -0.370 e. The molecule has 3 aromatic rings. The van der Waals surface area contributed by atoms with Crippen molar-refractivity contribution in [3.63, 3.8) is 0 Å². The Morgan fingerprint density at radius 1 is 0.960 bits per heavy atom. The lowest BCUT2D eigenvalue weighted by Gasteiger charge is -2.34. The van der Waals surface area contributed by atoms with Gasteiger partial charge in [0.15, 0.2) is 5.96 Å². The van der Waals surface area contributed by atoms with Gasteiger partial charge in [0.1, 0.15) is 0 Å². The van der Waals surface area contributed by atoms with E-state index in [9.17, 15) is 0 Å². The zero-order valence-electron chi connectivity index (χ0n) is 13.9. The summed E-state index contributed by atoms with van der Waals surface area (Å²) in [4.78, 5) is 13.2. The number of guanidine groups is 1. The minimum atomic E-state index is 0.130. The summed E-state index contributed by atoms with van der Waals surface area (Å²) in [5.74, 6) is 0.861. The fourth-order valence-electron chi connectivity index (χ4n) is 3.16. The minimum absolute atomic E-state index is 0.130. The number of rotatable bonds is 2. The first-order valence-electron chi connectivity index (χ1n) is 8.37. The van der Waals surface area contributed by atoms with Crippen LogP contribution in [0.1, 0.15) is 0 Å². The maximum absolute atomic E-state index is 7.53. The molecule has 0 atom stereocenters. The molecular formula is C19H20N6. The number of nitrogens with two attached hydrogens (primary N) is 1. The van der Waals surface area contributed by atoms with Gasteiger partial charge in [-0.25, -0.2) is 9.97 Å². The Bertz CT molecular complexity index is 914. The molecule has 2 aromatic carbocycles. The highest BCUT2D eigenvalue weighted by Gasteiger charge is 2.19. The van der Waals surface area contributed by atoms with Crippen molar-refractivity contribution in [2.45, 2.75) is 0 Å². The molecule has 25 heavy (non-hydrogen) atoms. The predicted molar refractivity (Wildman–Crippen MR) is 101 cm³/mol. The first-order chi connectivity index (χ1) is 12.2. The smallest absolute Gasteiger partial charge is 0.225 e. The molecule has 0 bridgehead atoms. The van der Waals surface area contributed by atoms with Crippen molar-refractivity contribution in [3.8, 4) is 11.3 Å². The average Bonchev–Trinajstić information content (AvgIpc) is 2.68. The second kappa shape index (κ2) is 6.39. The zero-order chi connectivity index (χ0) is 17.2. The summed E-state index contributed by atoms with van der Waals surface area (Å²) in [6, 6.07) is 16.6. The van der Waals surface area contributed by atoms with Crippen molar-refractivity contribution < 1.29 is 0 Å². The predicted octanol–water partition coefficient (Wildman–Crippen LogP) is 2.31. The number of aromatic nitrogens is 2. The molecule has 6 heteroatoms. The normalized spacial score (nSPS) is 14.7. The summed E-state index contributed by atoms with van der Waals surface area (Å²) in [6.07, 6.45) is 1.81. The Morgan fingerprint density at radius 2 is 1.72 bits per heavy atom. The Labute approximate surface area is 146 Å². The molecule has 0 amide bonds. The second-order valence-electron chi connectivity index (χ2n) is 6.16. The summed E-state index contributed by atoms with van der Waals surface area (Å²) >= 11 is 0. The molecule has 1 aromatic heterocycles. The van der Waals surface area contributed by atoms with Gasteiger partial charge in [0.05, 0.1) is 5.69 Å². The van der Waals surface area contributed by atoms with E-state index in [0.717, 1.165) is 43.4 Å². The van der Waals surface area contributed by atoms with Crippen molar-refractivity contribution in [1.29, 1.82) is 5.41 Å². The van der Waals surface area contributed by atoms with Gasteiger partial charge in [-0.3, -0.25) is 5.41 Å². The monoisotopic (exact) mass is 332 g/mol. The van der Waals surface area contributed by atoms with Crippen LogP contribution < -0.4 is 10.6 Å². The summed E-state index contributed by atoms with van der Waals surface area (Å²) < 4.78 is 0. The largest absolute Gasteiger partial charge is 0.370 e. The number of nitrogens with zero attached hydrogens (tertiary/aromatic N) is 4. The average molecular weight is 332 g/mol. The lowest BCUT2D eigenvalue weighted by molar-refractivity contribution is 0.377. The molecule has 0 unspecified atom stereocenters. The third kappa shape index (κ3) is 3.10. The SMILES string of the molecule is N=C(N)N1CCN(c2nccc(-c3ccc4ccccc4c3)n2)CC1. The van der Waals surface area contributed by atoms with Gasteiger partial charge in [-0.15, -0.1) is 0 Å². The Kier molecular flexibility index (Phi) is 3.93. The summed E-state index contributed by atoms with van der Waals surface area (Å²) in [7, 11) is 0. The van der Waals surface area contributed by atoms with Crippen LogP contribution >= 0.6 is 0 Å². The Hall–Kier alpha value is -3.15. The number of benzene rings is 2. The second-order valence-corrected chi connectivity index (χ2v) is 6.16. The van der Waals surface area contributed by atoms with E-state index >= 15 is 0 Å². The molecule has 0 saturated carbocycles. The maximum Gasteiger partial charge on any atom is 0.225 e. The molecule has 4 rings (SSSR count). The van der Waals surface area contributed by atoms with Gasteiger partial charge in [0, 0.05) is 37.9 Å². The molecule has 0 spiro atoms. The highest BCUT2D eigenvalue weighted by molar-refractivity contribution is 5.86. The van der Waals surface area contributed by atoms with Crippen LogP contribution in [0.2, 0.25) is 0 Å². The van der Waals surface area contributed by atoms with Gasteiger partial charge in [-0.05, 0) is 22.9 Å². The first-order valence-corrected chi connectivity index (χ1v) is 8.37. The van der Waals surface area contributed by atoms with Crippen molar-refractivity contribution in [2.75, 3.05) is 31.1 Å². The van der Waals surface area contributed by atoms with E-state index in [2.05, 4.69) is 40.2 Å². The maximum atomic E-state index is 7.53. The fraction of sp³-hybridized carbons (Fsp3) is 0.211. The van der Waals surface area contributed by atoms with Gasteiger partial charge in [-0.1, -0.05) is 36.4 Å². The first kappa shape index (κ1) is 15.4. The van der Waals surface area contributed by atoms with E-state index in [1.165, 1.54) is 10.8 Å².